The predicted octanol–water partition coefficient (Wildman–Crippen LogP) is 1.91. The van der Waals surface area contributed by atoms with Gasteiger partial charge in [0.25, 0.3) is 0 Å². The molecule has 1 aromatic rings. The summed E-state index contributed by atoms with van der Waals surface area (Å²) >= 11 is 0. The molecular weight excluding hydrogens is 242 g/mol. The maximum atomic E-state index is 9.28. The lowest BCUT2D eigenvalue weighted by Gasteiger charge is -2.23. The number of hydrogen-bond donors (Lipinski definition) is 2. The number of hydrogen-bond acceptors (Lipinski definition) is 4. The zero-order valence-electron chi connectivity index (χ0n) is 11.5. The smallest absolute Gasteiger partial charge is 0.161 e. The van der Waals surface area contributed by atoms with Crippen molar-refractivity contribution in [3.05, 3.63) is 23.8 Å². The van der Waals surface area contributed by atoms with Crippen LogP contribution in [0.25, 0.3) is 0 Å². The molecule has 0 radical (unpaired) electrons. The first-order valence-corrected chi connectivity index (χ1v) is 6.99. The van der Waals surface area contributed by atoms with E-state index in [0.29, 0.717) is 25.7 Å². The number of aliphatic hydroxyl groups excluding tert-OH is 1. The number of rotatable bonds is 6. The Hall–Kier alpha value is -1.26. The van der Waals surface area contributed by atoms with Crippen molar-refractivity contribution in [2.75, 3.05) is 26.4 Å². The van der Waals surface area contributed by atoms with Crippen LogP contribution in [0.4, 0.5) is 0 Å². The van der Waals surface area contributed by atoms with Crippen LogP contribution in [0.15, 0.2) is 18.2 Å². The van der Waals surface area contributed by atoms with Gasteiger partial charge < -0.3 is 20.3 Å². The average Bonchev–Trinajstić information content (AvgIpc) is 2.48. The highest BCUT2D eigenvalue weighted by atomic mass is 16.6. The first-order valence-electron chi connectivity index (χ1n) is 6.99. The van der Waals surface area contributed by atoms with E-state index in [-0.39, 0.29) is 12.5 Å². The van der Waals surface area contributed by atoms with Crippen LogP contribution >= 0.6 is 0 Å². The van der Waals surface area contributed by atoms with E-state index in [0.717, 1.165) is 24.3 Å². The lowest BCUT2D eigenvalue weighted by Crippen LogP contribution is -2.21. The molecule has 4 heteroatoms. The molecule has 0 fully saturated rings. The largest absolute Gasteiger partial charge is 0.486 e. The molecule has 0 bridgehead atoms. The molecule has 0 amide bonds. The van der Waals surface area contributed by atoms with Gasteiger partial charge in [0.05, 0.1) is 0 Å². The van der Waals surface area contributed by atoms with Crippen LogP contribution in [0.1, 0.15) is 31.2 Å². The molecule has 1 aliphatic rings. The van der Waals surface area contributed by atoms with E-state index >= 15 is 0 Å². The number of aliphatic hydroxyl groups is 1. The SMILES string of the molecule is CCC(CC(CN)CO)c1ccc2c(c1)OCCO2. The molecule has 0 spiro atoms. The predicted molar refractivity (Wildman–Crippen MR) is 74.7 cm³/mol. The van der Waals surface area contributed by atoms with E-state index in [4.69, 9.17) is 15.2 Å². The van der Waals surface area contributed by atoms with E-state index in [1.165, 1.54) is 5.56 Å². The second-order valence-corrected chi connectivity index (χ2v) is 5.03. The normalized spacial score (nSPS) is 17.0. The van der Waals surface area contributed by atoms with Crippen LogP contribution in [0.2, 0.25) is 0 Å². The summed E-state index contributed by atoms with van der Waals surface area (Å²) in [6.07, 6.45) is 1.93. The molecule has 1 aliphatic heterocycles. The van der Waals surface area contributed by atoms with Gasteiger partial charge in [-0.2, -0.15) is 0 Å². The Morgan fingerprint density at radius 3 is 2.63 bits per heavy atom. The van der Waals surface area contributed by atoms with Gasteiger partial charge >= 0.3 is 0 Å². The molecule has 2 unspecified atom stereocenters. The van der Waals surface area contributed by atoms with E-state index in [9.17, 15) is 5.11 Å². The van der Waals surface area contributed by atoms with Crippen LogP contribution in [-0.4, -0.2) is 31.5 Å². The summed E-state index contributed by atoms with van der Waals surface area (Å²) in [7, 11) is 0. The first-order chi connectivity index (χ1) is 9.28. The summed E-state index contributed by atoms with van der Waals surface area (Å²) in [4.78, 5) is 0. The van der Waals surface area contributed by atoms with Gasteiger partial charge in [-0.15, -0.1) is 0 Å². The summed E-state index contributed by atoms with van der Waals surface area (Å²) in [5.74, 6) is 2.22. The lowest BCUT2D eigenvalue weighted by molar-refractivity contribution is 0.171. The molecule has 0 aromatic heterocycles. The van der Waals surface area contributed by atoms with Crippen molar-refractivity contribution in [1.82, 2.24) is 0 Å². The Labute approximate surface area is 114 Å². The topological polar surface area (TPSA) is 64.7 Å². The quantitative estimate of drug-likeness (QED) is 0.824. The fourth-order valence-electron chi connectivity index (χ4n) is 2.50. The number of fused-ring (bicyclic) bond motifs is 1. The Balaban J connectivity index is 2.14. The fraction of sp³-hybridized carbons (Fsp3) is 0.600. The van der Waals surface area contributed by atoms with Gasteiger partial charge in [0.15, 0.2) is 11.5 Å². The Bertz CT molecular complexity index is 404. The van der Waals surface area contributed by atoms with Crippen molar-refractivity contribution >= 4 is 0 Å². The Morgan fingerprint density at radius 2 is 2.00 bits per heavy atom. The van der Waals surface area contributed by atoms with Crippen LogP contribution in [0, 0.1) is 5.92 Å². The van der Waals surface area contributed by atoms with Crippen LogP contribution in [-0.2, 0) is 0 Å². The first kappa shape index (κ1) is 14.2. The van der Waals surface area contributed by atoms with Gasteiger partial charge in [0.1, 0.15) is 13.2 Å². The highest BCUT2D eigenvalue weighted by molar-refractivity contribution is 5.44. The second kappa shape index (κ2) is 6.78. The minimum absolute atomic E-state index is 0.150. The summed E-state index contributed by atoms with van der Waals surface area (Å²) in [5.41, 5.74) is 6.91. The monoisotopic (exact) mass is 265 g/mol. The average molecular weight is 265 g/mol. The van der Waals surface area contributed by atoms with Gasteiger partial charge in [-0.3, -0.25) is 0 Å². The molecule has 2 atom stereocenters. The fourth-order valence-corrected chi connectivity index (χ4v) is 2.50. The zero-order valence-corrected chi connectivity index (χ0v) is 11.5. The van der Waals surface area contributed by atoms with Crippen molar-refractivity contribution in [3.63, 3.8) is 0 Å². The zero-order chi connectivity index (χ0) is 13.7. The Kier molecular flexibility index (Phi) is 5.05. The van der Waals surface area contributed by atoms with Crippen molar-refractivity contribution in [2.45, 2.75) is 25.7 Å². The van der Waals surface area contributed by atoms with E-state index in [2.05, 4.69) is 19.1 Å². The van der Waals surface area contributed by atoms with E-state index in [1.807, 2.05) is 6.07 Å². The number of nitrogens with two attached hydrogens (primary N) is 1. The highest BCUT2D eigenvalue weighted by Gasteiger charge is 2.18. The Morgan fingerprint density at radius 1 is 1.26 bits per heavy atom. The van der Waals surface area contributed by atoms with Crippen LogP contribution in [0.3, 0.4) is 0 Å². The molecule has 1 aromatic carbocycles. The van der Waals surface area contributed by atoms with Crippen LogP contribution in [0.5, 0.6) is 11.5 Å². The summed E-state index contributed by atoms with van der Waals surface area (Å²) < 4.78 is 11.1. The third-order valence-corrected chi connectivity index (χ3v) is 3.74. The standard InChI is InChI=1S/C15H23NO3/c1-2-12(7-11(9-16)10-17)13-3-4-14-15(8-13)19-6-5-18-14/h3-4,8,11-12,17H,2,5-7,9-10,16H2,1H3. The molecule has 19 heavy (non-hydrogen) atoms. The molecule has 3 N–H and O–H groups in total. The van der Waals surface area contributed by atoms with Gasteiger partial charge in [-0.05, 0) is 48.9 Å². The minimum Gasteiger partial charge on any atom is -0.486 e. The molecule has 106 valence electrons. The summed E-state index contributed by atoms with van der Waals surface area (Å²) in [6, 6.07) is 6.13. The van der Waals surface area contributed by atoms with E-state index in [1.54, 1.807) is 0 Å². The molecule has 1 heterocycles. The molecule has 2 rings (SSSR count). The maximum Gasteiger partial charge on any atom is 0.161 e. The van der Waals surface area contributed by atoms with Crippen molar-refractivity contribution in [3.8, 4) is 11.5 Å². The molecular formula is C15H23NO3. The van der Waals surface area contributed by atoms with Crippen molar-refractivity contribution in [2.24, 2.45) is 11.7 Å². The molecule has 0 saturated carbocycles. The number of ether oxygens (including phenoxy) is 2. The highest BCUT2D eigenvalue weighted by Crippen LogP contribution is 2.35. The van der Waals surface area contributed by atoms with Crippen molar-refractivity contribution < 1.29 is 14.6 Å². The van der Waals surface area contributed by atoms with E-state index < -0.39 is 0 Å². The van der Waals surface area contributed by atoms with Gasteiger partial charge in [0, 0.05) is 6.61 Å². The van der Waals surface area contributed by atoms with Crippen molar-refractivity contribution in [1.29, 1.82) is 0 Å². The van der Waals surface area contributed by atoms with Gasteiger partial charge in [-0.1, -0.05) is 13.0 Å². The third-order valence-electron chi connectivity index (χ3n) is 3.74. The van der Waals surface area contributed by atoms with Gasteiger partial charge in [0.2, 0.25) is 0 Å². The minimum atomic E-state index is 0.150. The maximum absolute atomic E-state index is 9.28. The number of benzene rings is 1. The molecule has 0 saturated heterocycles. The molecule has 4 nitrogen and oxygen atoms in total. The lowest BCUT2D eigenvalue weighted by atomic mass is 9.87. The summed E-state index contributed by atoms with van der Waals surface area (Å²) in [6.45, 7) is 4.06. The second-order valence-electron chi connectivity index (χ2n) is 5.03. The summed E-state index contributed by atoms with van der Waals surface area (Å²) in [5, 5.41) is 9.28. The van der Waals surface area contributed by atoms with Gasteiger partial charge in [-0.25, -0.2) is 0 Å². The third kappa shape index (κ3) is 3.39. The molecule has 0 aliphatic carbocycles. The van der Waals surface area contributed by atoms with Crippen LogP contribution < -0.4 is 15.2 Å².